The van der Waals surface area contributed by atoms with Crippen molar-refractivity contribution >= 4 is 33.4 Å². The number of amides is 1. The Kier molecular flexibility index (Phi) is 7.70. The summed E-state index contributed by atoms with van der Waals surface area (Å²) >= 11 is 1.32. The molecule has 1 fully saturated rings. The normalized spacial score (nSPS) is 14.8. The highest BCUT2D eigenvalue weighted by molar-refractivity contribution is 7.99. The minimum Gasteiger partial charge on any atom is -0.325 e. The van der Waals surface area contributed by atoms with Crippen LogP contribution in [0.5, 0.6) is 0 Å². The van der Waals surface area contributed by atoms with E-state index in [2.05, 4.69) is 15.5 Å². The van der Waals surface area contributed by atoms with E-state index in [0.29, 0.717) is 35.5 Å². The van der Waals surface area contributed by atoms with Crippen LogP contribution in [0.15, 0.2) is 58.6 Å². The van der Waals surface area contributed by atoms with Gasteiger partial charge in [-0.3, -0.25) is 4.79 Å². The summed E-state index contributed by atoms with van der Waals surface area (Å²) in [7, 11) is -3.48. The molecule has 0 atom stereocenters. The minimum atomic E-state index is -3.48. The van der Waals surface area contributed by atoms with E-state index in [1.807, 2.05) is 42.7 Å². The molecular formula is C24H29N5O3S2. The number of carbonyl (C=O) groups excluding carboxylic acids is 1. The van der Waals surface area contributed by atoms with Crippen molar-refractivity contribution in [1.29, 1.82) is 0 Å². The van der Waals surface area contributed by atoms with Gasteiger partial charge in [0.15, 0.2) is 11.0 Å². The van der Waals surface area contributed by atoms with E-state index in [9.17, 15) is 13.2 Å². The van der Waals surface area contributed by atoms with Crippen LogP contribution in [0.1, 0.15) is 31.7 Å². The number of carbonyl (C=O) groups is 1. The van der Waals surface area contributed by atoms with Gasteiger partial charge >= 0.3 is 0 Å². The first-order valence-corrected chi connectivity index (χ1v) is 13.8. The molecule has 0 unspecified atom stereocenters. The molecule has 2 aromatic carbocycles. The maximum atomic E-state index is 12.9. The molecule has 1 N–H and O–H groups in total. The molecule has 1 saturated heterocycles. The molecular weight excluding hydrogens is 470 g/mol. The molecule has 180 valence electrons. The molecule has 10 heteroatoms. The average Bonchev–Trinajstić information content (AvgIpc) is 3.26. The SMILES string of the molecule is CCn1c(SCC(=O)Nc2cccc(C)c2)nnc1-c1ccc(S(=O)(=O)N2CCCCC2)cc1. The summed E-state index contributed by atoms with van der Waals surface area (Å²) < 4.78 is 29.3. The summed E-state index contributed by atoms with van der Waals surface area (Å²) in [5.74, 6) is 0.736. The lowest BCUT2D eigenvalue weighted by molar-refractivity contribution is -0.113. The van der Waals surface area contributed by atoms with Crippen LogP contribution in [0.2, 0.25) is 0 Å². The number of hydrogen-bond acceptors (Lipinski definition) is 6. The highest BCUT2D eigenvalue weighted by Crippen LogP contribution is 2.27. The van der Waals surface area contributed by atoms with Crippen molar-refractivity contribution in [1.82, 2.24) is 19.1 Å². The molecule has 0 radical (unpaired) electrons. The quantitative estimate of drug-likeness (QED) is 0.467. The second-order valence-corrected chi connectivity index (χ2v) is 11.1. The van der Waals surface area contributed by atoms with Crippen LogP contribution in [0.25, 0.3) is 11.4 Å². The topological polar surface area (TPSA) is 97.2 Å². The molecule has 0 aliphatic carbocycles. The van der Waals surface area contributed by atoms with Crippen molar-refractivity contribution in [3.8, 4) is 11.4 Å². The van der Waals surface area contributed by atoms with Gasteiger partial charge < -0.3 is 9.88 Å². The van der Waals surface area contributed by atoms with Crippen molar-refractivity contribution in [2.45, 2.75) is 49.7 Å². The van der Waals surface area contributed by atoms with E-state index in [4.69, 9.17) is 0 Å². The summed E-state index contributed by atoms with van der Waals surface area (Å²) in [6.45, 7) is 5.74. The van der Waals surface area contributed by atoms with E-state index < -0.39 is 10.0 Å². The number of aromatic nitrogens is 3. The summed E-state index contributed by atoms with van der Waals surface area (Å²) in [6, 6.07) is 14.5. The van der Waals surface area contributed by atoms with Crippen molar-refractivity contribution in [2.24, 2.45) is 0 Å². The molecule has 0 bridgehead atoms. The first-order chi connectivity index (χ1) is 16.4. The fourth-order valence-electron chi connectivity index (χ4n) is 3.97. The van der Waals surface area contributed by atoms with Gasteiger partial charge in [-0.25, -0.2) is 8.42 Å². The smallest absolute Gasteiger partial charge is 0.243 e. The van der Waals surface area contributed by atoms with E-state index in [-0.39, 0.29) is 11.7 Å². The Labute approximate surface area is 204 Å². The zero-order valence-corrected chi connectivity index (χ0v) is 21.0. The lowest BCUT2D eigenvalue weighted by Crippen LogP contribution is -2.35. The standard InChI is InChI=1S/C24H29N5O3S2/c1-3-29-23(19-10-12-21(13-11-19)34(31,32)28-14-5-4-6-15-28)26-27-24(29)33-17-22(30)25-20-9-7-8-18(2)16-20/h7-13,16H,3-6,14-15,17H2,1-2H3,(H,25,30). The number of sulfonamides is 1. The lowest BCUT2D eigenvalue weighted by atomic mass is 10.2. The van der Waals surface area contributed by atoms with E-state index in [0.717, 1.165) is 36.1 Å². The molecule has 2 heterocycles. The number of nitrogens with zero attached hydrogens (tertiary/aromatic N) is 4. The number of thioether (sulfide) groups is 1. The second kappa shape index (κ2) is 10.7. The van der Waals surface area contributed by atoms with Gasteiger partial charge in [-0.15, -0.1) is 10.2 Å². The predicted octanol–water partition coefficient (Wildman–Crippen LogP) is 4.18. The monoisotopic (exact) mass is 499 g/mol. The maximum absolute atomic E-state index is 12.9. The van der Waals surface area contributed by atoms with Crippen molar-refractivity contribution in [2.75, 3.05) is 24.2 Å². The van der Waals surface area contributed by atoms with Crippen LogP contribution in [-0.4, -0.2) is 52.2 Å². The van der Waals surface area contributed by atoms with E-state index >= 15 is 0 Å². The Morgan fingerprint density at radius 3 is 2.47 bits per heavy atom. The largest absolute Gasteiger partial charge is 0.325 e. The van der Waals surface area contributed by atoms with Gasteiger partial charge in [-0.2, -0.15) is 4.31 Å². The maximum Gasteiger partial charge on any atom is 0.243 e. The molecule has 0 spiro atoms. The highest BCUT2D eigenvalue weighted by Gasteiger charge is 2.26. The number of aryl methyl sites for hydroxylation is 1. The summed E-state index contributed by atoms with van der Waals surface area (Å²) in [5, 5.41) is 12.1. The second-order valence-electron chi connectivity index (χ2n) is 8.25. The van der Waals surface area contributed by atoms with Gasteiger partial charge in [0.1, 0.15) is 0 Å². The van der Waals surface area contributed by atoms with Crippen LogP contribution in [0.4, 0.5) is 5.69 Å². The van der Waals surface area contributed by atoms with Gasteiger partial charge in [0.05, 0.1) is 10.6 Å². The van der Waals surface area contributed by atoms with Crippen molar-refractivity contribution in [3.63, 3.8) is 0 Å². The lowest BCUT2D eigenvalue weighted by Gasteiger charge is -2.25. The number of piperidine rings is 1. The first kappa shape index (κ1) is 24.4. The van der Waals surface area contributed by atoms with Gasteiger partial charge in [0.25, 0.3) is 0 Å². The number of anilines is 1. The van der Waals surface area contributed by atoms with E-state index in [1.165, 1.54) is 11.8 Å². The third-order valence-electron chi connectivity index (χ3n) is 5.73. The Morgan fingerprint density at radius 2 is 1.79 bits per heavy atom. The summed E-state index contributed by atoms with van der Waals surface area (Å²) in [5.41, 5.74) is 2.63. The highest BCUT2D eigenvalue weighted by atomic mass is 32.2. The van der Waals surface area contributed by atoms with Crippen molar-refractivity contribution in [3.05, 3.63) is 54.1 Å². The number of nitrogens with one attached hydrogen (secondary N) is 1. The summed E-state index contributed by atoms with van der Waals surface area (Å²) in [6.07, 6.45) is 2.88. The fourth-order valence-corrected chi connectivity index (χ4v) is 6.29. The van der Waals surface area contributed by atoms with Crippen molar-refractivity contribution < 1.29 is 13.2 Å². The Bertz CT molecular complexity index is 1250. The molecule has 8 nitrogen and oxygen atoms in total. The zero-order chi connectivity index (χ0) is 24.1. The molecule has 34 heavy (non-hydrogen) atoms. The third kappa shape index (κ3) is 5.51. The molecule has 1 amide bonds. The summed E-state index contributed by atoms with van der Waals surface area (Å²) in [4.78, 5) is 12.7. The Morgan fingerprint density at radius 1 is 1.06 bits per heavy atom. The van der Waals surface area contributed by atoms with Crippen LogP contribution in [0.3, 0.4) is 0 Å². The predicted molar refractivity (Wildman–Crippen MR) is 134 cm³/mol. The van der Waals surface area contributed by atoms with E-state index in [1.54, 1.807) is 28.6 Å². The third-order valence-corrected chi connectivity index (χ3v) is 8.61. The van der Waals surface area contributed by atoms with Crippen LogP contribution in [0, 0.1) is 6.92 Å². The van der Waals surface area contributed by atoms with Gasteiger partial charge in [0.2, 0.25) is 15.9 Å². The molecule has 1 aliphatic rings. The molecule has 3 aromatic rings. The van der Waals surface area contributed by atoms with Gasteiger partial charge in [-0.1, -0.05) is 30.3 Å². The minimum absolute atomic E-state index is 0.116. The van der Waals surface area contributed by atoms with Crippen LogP contribution < -0.4 is 5.32 Å². The number of hydrogen-bond donors (Lipinski definition) is 1. The molecule has 0 saturated carbocycles. The van der Waals surface area contributed by atoms with Crippen LogP contribution >= 0.6 is 11.8 Å². The molecule has 1 aliphatic heterocycles. The van der Waals surface area contributed by atoms with Crippen LogP contribution in [-0.2, 0) is 21.4 Å². The number of rotatable bonds is 8. The molecule has 1 aromatic heterocycles. The molecule has 4 rings (SSSR count). The van der Waals surface area contributed by atoms with Gasteiger partial charge in [0, 0.05) is 30.9 Å². The number of benzene rings is 2. The zero-order valence-electron chi connectivity index (χ0n) is 19.4. The Hall–Kier alpha value is -2.69. The average molecular weight is 500 g/mol. The Balaban J connectivity index is 1.45. The first-order valence-electron chi connectivity index (χ1n) is 11.4. The fraction of sp³-hybridized carbons (Fsp3) is 0.375. The van der Waals surface area contributed by atoms with Gasteiger partial charge in [-0.05, 0) is 68.7 Å².